The average Bonchev–Trinajstić information content (AvgIpc) is 2.72. The summed E-state index contributed by atoms with van der Waals surface area (Å²) in [7, 11) is -4.07. The summed E-state index contributed by atoms with van der Waals surface area (Å²) >= 11 is 0. The Labute approximate surface area is 131 Å². The number of rotatable bonds is 4. The van der Waals surface area contributed by atoms with Gasteiger partial charge in [-0.05, 0) is 26.0 Å². The Kier molecular flexibility index (Phi) is 4.09. The second kappa shape index (κ2) is 5.71. The van der Waals surface area contributed by atoms with E-state index >= 15 is 0 Å². The van der Waals surface area contributed by atoms with Crippen molar-refractivity contribution < 1.29 is 17.8 Å². The summed E-state index contributed by atoms with van der Waals surface area (Å²) in [6, 6.07) is 5.10. The summed E-state index contributed by atoms with van der Waals surface area (Å²) in [6.07, 6.45) is 0. The van der Waals surface area contributed by atoms with E-state index in [1.807, 2.05) is 6.07 Å². The van der Waals surface area contributed by atoms with E-state index in [0.717, 1.165) is 12.1 Å². The molecule has 0 atom stereocenters. The van der Waals surface area contributed by atoms with Crippen LogP contribution < -0.4 is 10.5 Å². The Balaban J connectivity index is 2.55. The number of furan rings is 1. The van der Waals surface area contributed by atoms with Crippen LogP contribution in [0.15, 0.2) is 27.5 Å². The summed E-state index contributed by atoms with van der Waals surface area (Å²) < 4.78 is 28.0. The molecule has 0 unspecified atom stereocenters. The smallest absolute Gasteiger partial charge is 0.294 e. The van der Waals surface area contributed by atoms with Gasteiger partial charge in [0.05, 0.1) is 9.82 Å². The van der Waals surface area contributed by atoms with Crippen molar-refractivity contribution in [2.75, 3.05) is 5.32 Å². The largest absolute Gasteiger partial charge is 0.444 e. The van der Waals surface area contributed by atoms with Crippen molar-refractivity contribution in [1.82, 2.24) is 0 Å². The van der Waals surface area contributed by atoms with Crippen molar-refractivity contribution in [3.05, 3.63) is 45.2 Å². The second-order valence-electron chi connectivity index (χ2n) is 4.71. The van der Waals surface area contributed by atoms with Crippen molar-refractivity contribution in [2.24, 2.45) is 5.14 Å². The molecule has 2 rings (SSSR count). The fraction of sp³-hybridized carbons (Fsp3) is 0.154. The van der Waals surface area contributed by atoms with Gasteiger partial charge in [-0.25, -0.2) is 13.6 Å². The van der Waals surface area contributed by atoms with Gasteiger partial charge in [0.15, 0.2) is 0 Å². The molecule has 1 heterocycles. The van der Waals surface area contributed by atoms with Crippen molar-refractivity contribution >= 4 is 27.3 Å². The maximum Gasteiger partial charge on any atom is 0.294 e. The van der Waals surface area contributed by atoms with Gasteiger partial charge in [-0.2, -0.15) is 5.26 Å². The SMILES string of the molecule is Cc1oc(Nc2ccc(S(N)(=O)=O)cc2[N+](=O)[O-])c(C#N)c1C. The fourth-order valence-corrected chi connectivity index (χ4v) is 2.45. The number of sulfonamides is 1. The third-order valence-electron chi connectivity index (χ3n) is 3.24. The first-order chi connectivity index (χ1) is 10.6. The van der Waals surface area contributed by atoms with Crippen LogP contribution in [0.2, 0.25) is 0 Å². The topological polar surface area (TPSA) is 152 Å². The van der Waals surface area contributed by atoms with E-state index in [1.54, 1.807) is 13.8 Å². The third-order valence-corrected chi connectivity index (χ3v) is 4.15. The van der Waals surface area contributed by atoms with E-state index < -0.39 is 20.6 Å². The predicted molar refractivity (Wildman–Crippen MR) is 80.6 cm³/mol. The molecule has 0 bridgehead atoms. The maximum absolute atomic E-state index is 11.3. The molecule has 0 aliphatic heterocycles. The molecule has 10 heteroatoms. The first kappa shape index (κ1) is 16.5. The summed E-state index contributed by atoms with van der Waals surface area (Å²) in [4.78, 5) is 10.0. The van der Waals surface area contributed by atoms with E-state index in [2.05, 4.69) is 5.32 Å². The van der Waals surface area contributed by atoms with Crippen LogP contribution in [-0.2, 0) is 10.0 Å². The molecule has 0 saturated carbocycles. The van der Waals surface area contributed by atoms with Gasteiger partial charge >= 0.3 is 0 Å². The molecule has 1 aromatic carbocycles. The summed E-state index contributed by atoms with van der Waals surface area (Å²) in [6.45, 7) is 3.33. The monoisotopic (exact) mass is 336 g/mol. The molecule has 0 saturated heterocycles. The normalized spacial score (nSPS) is 11.0. The minimum absolute atomic E-state index is 0.0207. The van der Waals surface area contributed by atoms with Gasteiger partial charge in [-0.3, -0.25) is 10.1 Å². The molecule has 0 amide bonds. The molecular weight excluding hydrogens is 324 g/mol. The van der Waals surface area contributed by atoms with Crippen LogP contribution in [0.1, 0.15) is 16.9 Å². The number of aryl methyl sites for hydroxylation is 1. The summed E-state index contributed by atoms with van der Waals surface area (Å²) in [5, 5.41) is 27.9. The van der Waals surface area contributed by atoms with Gasteiger partial charge in [0.1, 0.15) is 23.1 Å². The zero-order valence-corrected chi connectivity index (χ0v) is 13.0. The van der Waals surface area contributed by atoms with Gasteiger partial charge in [0, 0.05) is 11.6 Å². The summed E-state index contributed by atoms with van der Waals surface area (Å²) in [5.41, 5.74) is 0.297. The fourth-order valence-electron chi connectivity index (χ4n) is 1.92. The zero-order chi connectivity index (χ0) is 17.4. The van der Waals surface area contributed by atoms with Gasteiger partial charge in [-0.15, -0.1) is 0 Å². The Morgan fingerprint density at radius 1 is 1.39 bits per heavy atom. The Morgan fingerprint density at radius 3 is 2.57 bits per heavy atom. The number of nitro groups is 1. The number of nitro benzene ring substituents is 1. The van der Waals surface area contributed by atoms with Gasteiger partial charge in [0.25, 0.3) is 5.69 Å². The Hall–Kier alpha value is -2.90. The molecule has 2 aromatic rings. The van der Waals surface area contributed by atoms with E-state index in [4.69, 9.17) is 14.8 Å². The Morgan fingerprint density at radius 2 is 2.04 bits per heavy atom. The van der Waals surface area contributed by atoms with E-state index in [-0.39, 0.29) is 22.0 Å². The minimum atomic E-state index is -4.07. The molecule has 0 aliphatic rings. The van der Waals surface area contributed by atoms with Gasteiger partial charge in [0.2, 0.25) is 15.9 Å². The lowest BCUT2D eigenvalue weighted by Crippen LogP contribution is -2.12. The zero-order valence-electron chi connectivity index (χ0n) is 12.2. The number of hydrogen-bond acceptors (Lipinski definition) is 7. The first-order valence-electron chi connectivity index (χ1n) is 6.23. The second-order valence-corrected chi connectivity index (χ2v) is 6.27. The van der Waals surface area contributed by atoms with Crippen molar-refractivity contribution in [2.45, 2.75) is 18.7 Å². The van der Waals surface area contributed by atoms with Crippen molar-refractivity contribution in [1.29, 1.82) is 5.26 Å². The number of primary sulfonamides is 1. The Bertz CT molecular complexity index is 940. The van der Waals surface area contributed by atoms with E-state index in [0.29, 0.717) is 11.3 Å². The van der Waals surface area contributed by atoms with Crippen LogP contribution in [-0.4, -0.2) is 13.3 Å². The maximum atomic E-state index is 11.3. The van der Waals surface area contributed by atoms with E-state index in [9.17, 15) is 18.5 Å². The molecule has 120 valence electrons. The lowest BCUT2D eigenvalue weighted by atomic mass is 10.2. The van der Waals surface area contributed by atoms with Crippen LogP contribution in [0, 0.1) is 35.3 Å². The predicted octanol–water partition coefficient (Wildman–Crippen LogP) is 2.07. The number of nitrogens with two attached hydrogens (primary N) is 1. The lowest BCUT2D eigenvalue weighted by Gasteiger charge is -2.06. The van der Waals surface area contributed by atoms with Crippen LogP contribution in [0.3, 0.4) is 0 Å². The quantitative estimate of drug-likeness (QED) is 0.640. The number of nitriles is 1. The highest BCUT2D eigenvalue weighted by Gasteiger charge is 2.22. The highest BCUT2D eigenvalue weighted by atomic mass is 32.2. The molecule has 0 aliphatic carbocycles. The standard InChI is InChI=1S/C13H12N4O5S/c1-7-8(2)22-13(10(7)6-14)16-11-4-3-9(23(15,20)21)5-12(11)17(18)19/h3-5,16H,1-2H3,(H2,15,20,21). The van der Waals surface area contributed by atoms with Crippen LogP contribution in [0.5, 0.6) is 0 Å². The molecule has 23 heavy (non-hydrogen) atoms. The minimum Gasteiger partial charge on any atom is -0.444 e. The number of benzene rings is 1. The lowest BCUT2D eigenvalue weighted by molar-refractivity contribution is -0.384. The van der Waals surface area contributed by atoms with E-state index in [1.165, 1.54) is 6.07 Å². The highest BCUT2D eigenvalue weighted by Crippen LogP contribution is 2.33. The van der Waals surface area contributed by atoms with Gasteiger partial charge < -0.3 is 9.73 Å². The average molecular weight is 336 g/mol. The molecular formula is C13H12N4O5S. The molecule has 3 N–H and O–H groups in total. The van der Waals surface area contributed by atoms with Crippen molar-refractivity contribution in [3.63, 3.8) is 0 Å². The van der Waals surface area contributed by atoms with Crippen molar-refractivity contribution in [3.8, 4) is 6.07 Å². The molecule has 0 fully saturated rings. The molecule has 9 nitrogen and oxygen atoms in total. The number of hydrogen-bond donors (Lipinski definition) is 2. The molecule has 1 aromatic heterocycles. The molecule has 0 radical (unpaired) electrons. The summed E-state index contributed by atoms with van der Waals surface area (Å²) in [5.74, 6) is 0.543. The number of nitrogens with zero attached hydrogens (tertiary/aromatic N) is 2. The van der Waals surface area contributed by atoms with Gasteiger partial charge in [-0.1, -0.05) is 0 Å². The highest BCUT2D eigenvalue weighted by molar-refractivity contribution is 7.89. The van der Waals surface area contributed by atoms with Crippen LogP contribution in [0.25, 0.3) is 0 Å². The third kappa shape index (κ3) is 3.15. The number of nitrogens with one attached hydrogen (secondary N) is 1. The van der Waals surface area contributed by atoms with Crippen LogP contribution >= 0.6 is 0 Å². The van der Waals surface area contributed by atoms with Crippen LogP contribution in [0.4, 0.5) is 17.3 Å². The number of anilines is 2. The molecule has 0 spiro atoms. The first-order valence-corrected chi connectivity index (χ1v) is 7.78.